The molecule has 62 heavy (non-hydrogen) atoms. The van der Waals surface area contributed by atoms with Crippen molar-refractivity contribution in [1.29, 1.82) is 0 Å². The van der Waals surface area contributed by atoms with Crippen molar-refractivity contribution in [2.24, 2.45) is 17.6 Å². The molecule has 3 amide bonds. The molecule has 2 saturated carbocycles. The van der Waals surface area contributed by atoms with Gasteiger partial charge in [0.25, 0.3) is 0 Å². The van der Waals surface area contributed by atoms with Gasteiger partial charge in [0.05, 0.1) is 30.4 Å². The third-order valence-corrected chi connectivity index (χ3v) is 15.1. The van der Waals surface area contributed by atoms with E-state index in [1.54, 1.807) is 11.4 Å². The number of carbonyl (C=O) groups is 3. The van der Waals surface area contributed by atoms with Gasteiger partial charge < -0.3 is 25.4 Å². The highest BCUT2D eigenvalue weighted by atomic mass is 32.2. The van der Waals surface area contributed by atoms with Gasteiger partial charge in [-0.3, -0.25) is 14.4 Å². The lowest BCUT2D eigenvalue weighted by Gasteiger charge is -2.28. The number of thiazole rings is 1. The van der Waals surface area contributed by atoms with Crippen molar-refractivity contribution < 1.29 is 41.2 Å². The molecule has 4 heterocycles. The molecular formula is C45H51F3N6O6S2. The van der Waals surface area contributed by atoms with Gasteiger partial charge in [-0.15, -0.1) is 11.3 Å². The minimum atomic E-state index is -4.52. The molecular weight excluding hydrogens is 842 g/mol. The summed E-state index contributed by atoms with van der Waals surface area (Å²) in [6.45, 7) is 6.10. The lowest BCUT2D eigenvalue weighted by molar-refractivity contribution is -0.138. The number of nitrogens with two attached hydrogens (primary N) is 1. The fourth-order valence-corrected chi connectivity index (χ4v) is 10.9. The van der Waals surface area contributed by atoms with E-state index in [0.717, 1.165) is 72.3 Å². The van der Waals surface area contributed by atoms with E-state index in [1.807, 2.05) is 30.5 Å². The van der Waals surface area contributed by atoms with E-state index >= 15 is 0 Å². The number of hydrogen-bond acceptors (Lipinski definition) is 10. The molecule has 0 radical (unpaired) electrons. The Morgan fingerprint density at radius 2 is 1.82 bits per heavy atom. The number of fused-ring (bicyclic) bond motifs is 1. The number of pyridine rings is 1. The quantitative estimate of drug-likeness (QED) is 0.0605. The molecule has 0 bridgehead atoms. The number of rotatable bonds is 17. The van der Waals surface area contributed by atoms with Crippen LogP contribution in [0.4, 0.5) is 18.9 Å². The van der Waals surface area contributed by atoms with Crippen LogP contribution in [0.1, 0.15) is 94.4 Å². The second-order valence-corrected chi connectivity index (χ2v) is 19.6. The number of hydrogen-bond donors (Lipinski definition) is 2. The highest BCUT2D eigenvalue weighted by molar-refractivity contribution is 7.91. The SMILES string of the molecule is COc1ccc2c(OC3C[C@@H](C(N)=O)N(C(=O)[C@H](CCCCC/C=C\[C@@H]4C[C@@H]4C(=O)N4S(=O)C45CC5)Nc4ccc(C(F)(F)F)cc4)C3)cc(-c3nc(C(C)C)cs3)nc2c1C. The summed E-state index contributed by atoms with van der Waals surface area (Å²) >= 11 is 1.48. The van der Waals surface area contributed by atoms with Gasteiger partial charge in [0.1, 0.15) is 40.4 Å². The number of ether oxygens (including phenoxy) is 2. The molecule has 2 aliphatic heterocycles. The summed E-state index contributed by atoms with van der Waals surface area (Å²) in [5.41, 5.74) is 8.48. The summed E-state index contributed by atoms with van der Waals surface area (Å²) in [4.78, 5) is 51.1. The highest BCUT2D eigenvalue weighted by Crippen LogP contribution is 2.61. The summed E-state index contributed by atoms with van der Waals surface area (Å²) in [6, 6.07) is 8.18. The van der Waals surface area contributed by atoms with Gasteiger partial charge in [-0.05, 0) is 93.7 Å². The van der Waals surface area contributed by atoms with Crippen LogP contribution < -0.4 is 20.5 Å². The number of nitrogens with zero attached hydrogens (tertiary/aromatic N) is 4. The van der Waals surface area contributed by atoms with Crippen LogP contribution >= 0.6 is 11.3 Å². The molecule has 4 aliphatic rings. The monoisotopic (exact) mass is 892 g/mol. The number of allylic oxidation sites excluding steroid dienone is 2. The lowest BCUT2D eigenvalue weighted by atomic mass is 10.0. The second kappa shape index (κ2) is 17.3. The lowest BCUT2D eigenvalue weighted by Crippen LogP contribution is -2.49. The maximum Gasteiger partial charge on any atom is 0.416 e. The average molecular weight is 893 g/mol. The molecule has 4 aromatic rings. The Kier molecular flexibility index (Phi) is 12.1. The maximum absolute atomic E-state index is 14.5. The summed E-state index contributed by atoms with van der Waals surface area (Å²) in [6.07, 6.45) is 4.87. The minimum absolute atomic E-state index is 0.00389. The summed E-state index contributed by atoms with van der Waals surface area (Å²) in [5.74, 6) is 0.362. The highest BCUT2D eigenvalue weighted by Gasteiger charge is 2.74. The molecule has 1 spiro atoms. The van der Waals surface area contributed by atoms with Crippen LogP contribution in [0, 0.1) is 18.8 Å². The Hall–Kier alpha value is -5.03. The third-order valence-electron chi connectivity index (χ3n) is 12.3. The van der Waals surface area contributed by atoms with E-state index in [0.29, 0.717) is 41.2 Å². The molecule has 8 rings (SSSR count). The fraction of sp³-hybridized carbons (Fsp3) is 0.489. The van der Waals surface area contributed by atoms with E-state index in [9.17, 15) is 31.8 Å². The molecule has 2 aliphatic carbocycles. The largest absolute Gasteiger partial charge is 0.496 e. The standard InChI is InChI=1S/C45H51F3N6O6S2/c1-25(2)35-24-61-41(52-35)34-22-38(31-16-17-37(59-4)26(3)39(31)51-34)60-30-21-36(40(49)55)53(23-30)43(57)33(50-29-14-12-28(13-15-29)45(46,47)48)11-9-7-5-6-8-10-27-20-32(27)42(56)54-44(18-19-44)62(54)58/h8,10,12-17,22,24-25,27,30,32-33,36,50H,5-7,9,11,18-21,23H2,1-4H3,(H2,49,55)/b10-8-/t27-,30?,32+,33+,36+,54?,62?/m1/s1. The van der Waals surface area contributed by atoms with Crippen molar-refractivity contribution in [1.82, 2.24) is 19.2 Å². The van der Waals surface area contributed by atoms with Crippen LogP contribution in [0.3, 0.4) is 0 Å². The maximum atomic E-state index is 14.5. The van der Waals surface area contributed by atoms with Crippen molar-refractivity contribution in [3.8, 4) is 22.2 Å². The number of methoxy groups -OCH3 is 1. The van der Waals surface area contributed by atoms with E-state index < -0.39 is 52.7 Å². The number of alkyl halides is 3. The molecule has 17 heteroatoms. The molecule has 3 N–H and O–H groups in total. The molecule has 2 aromatic heterocycles. The predicted octanol–water partition coefficient (Wildman–Crippen LogP) is 8.27. The van der Waals surface area contributed by atoms with Crippen molar-refractivity contribution >= 4 is 56.6 Å². The number of nitrogens with one attached hydrogen (secondary N) is 1. The normalized spacial score (nSPS) is 23.0. The first-order valence-electron chi connectivity index (χ1n) is 21.2. The van der Waals surface area contributed by atoms with Gasteiger partial charge in [-0.2, -0.15) is 13.2 Å². The molecule has 2 unspecified atom stereocenters. The Labute approximate surface area is 365 Å². The van der Waals surface area contributed by atoms with E-state index in [1.165, 1.54) is 28.4 Å². The van der Waals surface area contributed by atoms with Gasteiger partial charge in [-0.1, -0.05) is 38.8 Å². The summed E-state index contributed by atoms with van der Waals surface area (Å²) < 4.78 is 66.1. The molecule has 330 valence electrons. The zero-order valence-electron chi connectivity index (χ0n) is 35.1. The third kappa shape index (κ3) is 8.92. The fourth-order valence-electron chi connectivity index (χ4n) is 8.39. The van der Waals surface area contributed by atoms with Crippen molar-refractivity contribution in [2.45, 2.75) is 114 Å². The average Bonchev–Trinajstić information content (AvgIpc) is 4.18. The topological polar surface area (TPSA) is 157 Å². The Bertz CT molecular complexity index is 2420. The van der Waals surface area contributed by atoms with Gasteiger partial charge in [0, 0.05) is 40.4 Å². The minimum Gasteiger partial charge on any atom is -0.496 e. The smallest absolute Gasteiger partial charge is 0.416 e. The number of primary amides is 1. The van der Waals surface area contributed by atoms with E-state index in [4.69, 9.17) is 25.2 Å². The number of halogens is 3. The van der Waals surface area contributed by atoms with Crippen LogP contribution in [0.2, 0.25) is 0 Å². The number of amides is 3. The number of carbonyl (C=O) groups excluding carboxylic acids is 3. The van der Waals surface area contributed by atoms with Crippen molar-refractivity contribution in [3.63, 3.8) is 0 Å². The molecule has 6 atom stereocenters. The van der Waals surface area contributed by atoms with Crippen LogP contribution in [-0.4, -0.2) is 77.8 Å². The summed E-state index contributed by atoms with van der Waals surface area (Å²) in [5, 5.41) is 6.60. The first kappa shape index (κ1) is 43.6. The Morgan fingerprint density at radius 1 is 1.06 bits per heavy atom. The Morgan fingerprint density at radius 3 is 2.47 bits per heavy atom. The first-order valence-corrected chi connectivity index (χ1v) is 23.2. The second-order valence-electron chi connectivity index (χ2n) is 17.1. The number of anilines is 1. The van der Waals surface area contributed by atoms with Crippen LogP contribution in [0.25, 0.3) is 21.6 Å². The van der Waals surface area contributed by atoms with E-state index in [2.05, 4.69) is 31.3 Å². The van der Waals surface area contributed by atoms with Gasteiger partial charge in [0.15, 0.2) is 15.9 Å². The molecule has 2 aromatic carbocycles. The number of aryl methyl sites for hydroxylation is 1. The molecule has 12 nitrogen and oxygen atoms in total. The zero-order chi connectivity index (χ0) is 44.1. The summed E-state index contributed by atoms with van der Waals surface area (Å²) in [7, 11) is 0.448. The number of aromatic nitrogens is 2. The predicted molar refractivity (Wildman–Crippen MR) is 232 cm³/mol. The van der Waals surface area contributed by atoms with Crippen LogP contribution in [-0.2, 0) is 31.5 Å². The van der Waals surface area contributed by atoms with E-state index in [-0.39, 0.29) is 41.5 Å². The van der Waals surface area contributed by atoms with Crippen LogP contribution in [0.5, 0.6) is 11.5 Å². The number of benzene rings is 2. The van der Waals surface area contributed by atoms with Gasteiger partial charge in [-0.25, -0.2) is 18.5 Å². The van der Waals surface area contributed by atoms with Gasteiger partial charge >= 0.3 is 6.18 Å². The number of unbranched alkanes of at least 4 members (excludes halogenated alkanes) is 3. The molecule has 2 saturated heterocycles. The number of likely N-dealkylation sites (tertiary alicyclic amines) is 1. The van der Waals surface area contributed by atoms with Crippen LogP contribution in [0.15, 0.2) is 60.0 Å². The first-order chi connectivity index (χ1) is 29.6. The zero-order valence-corrected chi connectivity index (χ0v) is 36.7. The van der Waals surface area contributed by atoms with Gasteiger partial charge in [0.2, 0.25) is 17.7 Å². The molecule has 4 fully saturated rings. The van der Waals surface area contributed by atoms with Crippen molar-refractivity contribution in [3.05, 3.63) is 76.8 Å². The Balaban J connectivity index is 0.955. The van der Waals surface area contributed by atoms with Crippen molar-refractivity contribution in [2.75, 3.05) is 19.0 Å².